The molecule has 0 amide bonds. The molecule has 0 saturated carbocycles. The standard InChI is InChI=1S/C43H43N2/c1-42(32-34-22-12-10-13-23-34)36-26-18-20-28-38(36)44(3)40(42)30-16-8-6-5-7-9-17-31-41-43(2,33-35-24-14-11-15-25-35)37-27-19-21-29-39(37)45(41)4/h5-31H,32-33H2,1-4H3/q+1. The lowest BCUT2D eigenvalue weighted by molar-refractivity contribution is -0.401. The van der Waals surface area contributed by atoms with Crippen LogP contribution in [0.2, 0.25) is 0 Å². The first-order chi connectivity index (χ1) is 21.9. The summed E-state index contributed by atoms with van der Waals surface area (Å²) in [6, 6.07) is 39.2. The van der Waals surface area contributed by atoms with Crippen molar-refractivity contribution in [1.29, 1.82) is 0 Å². The van der Waals surface area contributed by atoms with E-state index in [1.165, 1.54) is 45.0 Å². The van der Waals surface area contributed by atoms with Crippen molar-refractivity contribution in [3.63, 3.8) is 0 Å². The van der Waals surface area contributed by atoms with Crippen LogP contribution in [0.5, 0.6) is 0 Å². The molecular weight excluding hydrogens is 544 g/mol. The highest BCUT2D eigenvalue weighted by Crippen LogP contribution is 2.49. The Morgan fingerprint density at radius 2 is 1.09 bits per heavy atom. The van der Waals surface area contributed by atoms with Gasteiger partial charge in [0.2, 0.25) is 5.69 Å². The van der Waals surface area contributed by atoms with Crippen LogP contribution in [0.15, 0.2) is 170 Å². The number of likely N-dealkylation sites (N-methyl/N-ethyl adjacent to an activating group) is 1. The largest absolute Gasteiger partial charge is 0.347 e. The van der Waals surface area contributed by atoms with E-state index in [9.17, 15) is 0 Å². The molecule has 2 nitrogen and oxygen atoms in total. The average molecular weight is 588 g/mol. The van der Waals surface area contributed by atoms with Crippen molar-refractivity contribution in [2.45, 2.75) is 37.5 Å². The Morgan fingerprint density at radius 1 is 0.578 bits per heavy atom. The van der Waals surface area contributed by atoms with E-state index >= 15 is 0 Å². The van der Waals surface area contributed by atoms with Gasteiger partial charge in [-0.05, 0) is 55.5 Å². The predicted molar refractivity (Wildman–Crippen MR) is 192 cm³/mol. The van der Waals surface area contributed by atoms with Crippen LogP contribution in [0.3, 0.4) is 0 Å². The third-order valence-corrected chi connectivity index (χ3v) is 9.55. The highest BCUT2D eigenvalue weighted by atomic mass is 15.2. The van der Waals surface area contributed by atoms with Gasteiger partial charge in [-0.15, -0.1) is 0 Å². The lowest BCUT2D eigenvalue weighted by Gasteiger charge is -2.29. The summed E-state index contributed by atoms with van der Waals surface area (Å²) in [5.41, 5.74) is 10.5. The normalized spacial score (nSPS) is 22.1. The second-order valence-corrected chi connectivity index (χ2v) is 12.6. The number of anilines is 1. The molecule has 2 aliphatic rings. The van der Waals surface area contributed by atoms with E-state index in [1.807, 2.05) is 0 Å². The topological polar surface area (TPSA) is 6.25 Å². The van der Waals surface area contributed by atoms with Crippen LogP contribution in [0.4, 0.5) is 11.4 Å². The smallest absolute Gasteiger partial charge is 0.209 e. The van der Waals surface area contributed by atoms with Crippen molar-refractivity contribution in [1.82, 2.24) is 0 Å². The second-order valence-electron chi connectivity index (χ2n) is 12.6. The molecule has 0 bridgehead atoms. The summed E-state index contributed by atoms with van der Waals surface area (Å²) in [5.74, 6) is 0. The first-order valence-corrected chi connectivity index (χ1v) is 15.9. The zero-order valence-corrected chi connectivity index (χ0v) is 26.9. The van der Waals surface area contributed by atoms with E-state index < -0.39 is 0 Å². The summed E-state index contributed by atoms with van der Waals surface area (Å²) in [4.78, 5) is 2.35. The van der Waals surface area contributed by atoms with Gasteiger partial charge < -0.3 is 4.90 Å². The van der Waals surface area contributed by atoms with Crippen LogP contribution in [-0.2, 0) is 23.7 Å². The van der Waals surface area contributed by atoms with Crippen molar-refractivity contribution in [3.05, 3.63) is 192 Å². The summed E-state index contributed by atoms with van der Waals surface area (Å²) >= 11 is 0. The molecule has 2 atom stereocenters. The molecule has 0 spiro atoms. The molecule has 224 valence electrons. The Kier molecular flexibility index (Phi) is 8.67. The van der Waals surface area contributed by atoms with Gasteiger partial charge in [0.15, 0.2) is 5.71 Å². The fourth-order valence-electron chi connectivity index (χ4n) is 7.33. The van der Waals surface area contributed by atoms with Crippen molar-refractivity contribution in [2.24, 2.45) is 0 Å². The Labute approximate surface area is 269 Å². The third kappa shape index (κ3) is 5.93. The molecule has 0 saturated heterocycles. The molecule has 0 radical (unpaired) electrons. The summed E-state index contributed by atoms with van der Waals surface area (Å²) < 4.78 is 2.35. The number of para-hydroxylation sites is 2. The first kappa shape index (κ1) is 30.1. The number of hydrogen-bond donors (Lipinski definition) is 0. The van der Waals surface area contributed by atoms with Crippen LogP contribution in [-0.4, -0.2) is 24.4 Å². The van der Waals surface area contributed by atoms with Crippen molar-refractivity contribution in [2.75, 3.05) is 19.0 Å². The van der Waals surface area contributed by atoms with E-state index in [4.69, 9.17) is 0 Å². The van der Waals surface area contributed by atoms with Gasteiger partial charge in [0.1, 0.15) is 7.05 Å². The van der Waals surface area contributed by atoms with Crippen LogP contribution in [0, 0.1) is 0 Å². The molecule has 6 rings (SSSR count). The van der Waals surface area contributed by atoms with Gasteiger partial charge in [-0.3, -0.25) is 0 Å². The van der Waals surface area contributed by atoms with Gasteiger partial charge >= 0.3 is 0 Å². The lowest BCUT2D eigenvalue weighted by atomic mass is 9.74. The minimum absolute atomic E-state index is 0.0921. The number of nitrogens with zero attached hydrogens (tertiary/aromatic N) is 2. The maximum absolute atomic E-state index is 2.37. The Bertz CT molecular complexity index is 1840. The van der Waals surface area contributed by atoms with E-state index in [0.29, 0.717) is 0 Å². The molecular formula is C43H43N2+. The highest BCUT2D eigenvalue weighted by molar-refractivity contribution is 6.03. The van der Waals surface area contributed by atoms with Crippen LogP contribution in [0.1, 0.15) is 36.1 Å². The highest BCUT2D eigenvalue weighted by Gasteiger charge is 2.46. The number of benzene rings is 4. The number of rotatable bonds is 9. The number of allylic oxidation sites excluding steroid dienone is 10. The molecule has 0 fully saturated rings. The fraction of sp³-hybridized carbons (Fsp3) is 0.186. The second kappa shape index (κ2) is 13.0. The Balaban J connectivity index is 1.15. The quantitative estimate of drug-likeness (QED) is 0.140. The lowest BCUT2D eigenvalue weighted by Crippen LogP contribution is -2.33. The summed E-state index contributed by atoms with van der Waals surface area (Å²) in [6.07, 6.45) is 21.3. The van der Waals surface area contributed by atoms with Gasteiger partial charge in [0, 0.05) is 41.6 Å². The number of hydrogen-bond acceptors (Lipinski definition) is 1. The Morgan fingerprint density at radius 3 is 1.76 bits per heavy atom. The number of fused-ring (bicyclic) bond motifs is 2. The van der Waals surface area contributed by atoms with Gasteiger partial charge in [-0.1, -0.05) is 140 Å². The van der Waals surface area contributed by atoms with Crippen LogP contribution >= 0.6 is 0 Å². The minimum atomic E-state index is -0.0921. The van der Waals surface area contributed by atoms with Crippen molar-refractivity contribution in [3.8, 4) is 0 Å². The van der Waals surface area contributed by atoms with Gasteiger partial charge in [-0.2, -0.15) is 4.58 Å². The van der Waals surface area contributed by atoms with E-state index in [0.717, 1.165) is 12.8 Å². The molecule has 4 aromatic rings. The van der Waals surface area contributed by atoms with Crippen molar-refractivity contribution >= 4 is 17.1 Å². The third-order valence-electron chi connectivity index (χ3n) is 9.55. The SMILES string of the molecule is CN1C(=CC=CC=CC=CC=CC2=[N+](C)c3ccccc3C2(C)Cc2ccccc2)C(C)(Cc2ccccc2)c2ccccc21. The van der Waals surface area contributed by atoms with Crippen molar-refractivity contribution < 1.29 is 4.58 Å². The fourth-order valence-corrected chi connectivity index (χ4v) is 7.33. The zero-order chi connectivity index (χ0) is 31.3. The Hall–Kier alpha value is -4.95. The maximum Gasteiger partial charge on any atom is 0.209 e. The summed E-state index contributed by atoms with van der Waals surface area (Å²) in [6.45, 7) is 4.74. The zero-order valence-electron chi connectivity index (χ0n) is 26.9. The van der Waals surface area contributed by atoms with E-state index in [1.54, 1.807) is 0 Å². The first-order valence-electron chi connectivity index (χ1n) is 15.9. The molecule has 2 unspecified atom stereocenters. The van der Waals surface area contributed by atoms with Gasteiger partial charge in [0.25, 0.3) is 0 Å². The van der Waals surface area contributed by atoms with E-state index in [2.05, 4.69) is 201 Å². The molecule has 2 aliphatic heterocycles. The van der Waals surface area contributed by atoms with Gasteiger partial charge in [0.05, 0.1) is 5.41 Å². The van der Waals surface area contributed by atoms with Crippen LogP contribution in [0.25, 0.3) is 0 Å². The van der Waals surface area contributed by atoms with Gasteiger partial charge in [-0.25, -0.2) is 0 Å². The predicted octanol–water partition coefficient (Wildman–Crippen LogP) is 9.67. The maximum atomic E-state index is 2.37. The molecule has 0 N–H and O–H groups in total. The molecule has 4 aromatic carbocycles. The molecule has 2 heterocycles. The van der Waals surface area contributed by atoms with E-state index in [-0.39, 0.29) is 10.8 Å². The molecule has 45 heavy (non-hydrogen) atoms. The van der Waals surface area contributed by atoms with Crippen LogP contribution < -0.4 is 4.90 Å². The minimum Gasteiger partial charge on any atom is -0.347 e. The molecule has 0 aliphatic carbocycles. The monoisotopic (exact) mass is 587 g/mol. The average Bonchev–Trinajstić information content (AvgIpc) is 3.40. The molecule has 2 heteroatoms. The summed E-state index contributed by atoms with van der Waals surface area (Å²) in [7, 11) is 4.37. The molecule has 0 aromatic heterocycles. The summed E-state index contributed by atoms with van der Waals surface area (Å²) in [5, 5.41) is 0.